The van der Waals surface area contributed by atoms with Crippen molar-refractivity contribution in [2.45, 2.75) is 0 Å². The summed E-state index contributed by atoms with van der Waals surface area (Å²) in [6, 6.07) is 0. The van der Waals surface area contributed by atoms with Crippen LogP contribution in [0.1, 0.15) is 0 Å². The second-order valence-electron chi connectivity index (χ2n) is 0. The van der Waals surface area contributed by atoms with Crippen LogP contribution in [0.5, 0.6) is 0 Å². The summed E-state index contributed by atoms with van der Waals surface area (Å²) in [6.45, 7) is 0. The molecule has 0 aromatic heterocycles. The Balaban J connectivity index is 0. The molecule has 0 heterocycles. The van der Waals surface area contributed by atoms with Crippen LogP contribution in [0, 0.1) is 0 Å². The summed E-state index contributed by atoms with van der Waals surface area (Å²) < 4.78 is 0. The summed E-state index contributed by atoms with van der Waals surface area (Å²) in [5.41, 5.74) is 0. The molecule has 0 atom stereocenters. The van der Waals surface area contributed by atoms with Crippen molar-refractivity contribution in [2.75, 3.05) is 0 Å². The molecule has 0 bridgehead atoms. The molecule has 0 rings (SSSR count). The van der Waals surface area contributed by atoms with E-state index < -0.39 is 0 Å². The van der Waals surface area contributed by atoms with E-state index in [4.69, 9.17) is 0 Å². The average molecular weight is 186 g/mol. The van der Waals surface area contributed by atoms with Gasteiger partial charge in [-0.2, -0.15) is 0 Å². The van der Waals surface area contributed by atoms with Crippen LogP contribution in [0.4, 0.5) is 0 Å². The number of rotatable bonds is 0. The first-order valence-electron chi connectivity index (χ1n) is 0. The van der Waals surface area contributed by atoms with Crippen molar-refractivity contribution in [3.8, 4) is 0 Å². The maximum atomic E-state index is 0. The van der Waals surface area contributed by atoms with Crippen molar-refractivity contribution >= 4 is 126 Å². The predicted molar refractivity (Wildman–Crippen MR) is 44.4 cm³/mol. The molecule has 0 aliphatic heterocycles. The van der Waals surface area contributed by atoms with E-state index in [9.17, 15) is 0 Å². The van der Waals surface area contributed by atoms with Gasteiger partial charge in [0, 0.05) is 0 Å². The van der Waals surface area contributed by atoms with Gasteiger partial charge in [-0.15, -0.1) is 0 Å². The molecule has 0 aromatic rings. The Morgan fingerprint density at radius 2 is 0.375 bits per heavy atom. The topological polar surface area (TPSA) is 126 Å². The quantitative estimate of drug-likeness (QED) is 0.334. The second kappa shape index (κ2) is 67.4. The Morgan fingerprint density at radius 1 is 0.375 bits per heavy atom. The van der Waals surface area contributed by atoms with Crippen molar-refractivity contribution in [1.29, 1.82) is 0 Å². The molecule has 0 unspecified atom stereocenters. The summed E-state index contributed by atoms with van der Waals surface area (Å²) in [6.07, 6.45) is 0. The molecule has 42 valence electrons. The third kappa shape index (κ3) is 49.8. The molecule has 0 saturated heterocycles. The molecular formula is H13CaNa3O4. The SMILES string of the molecule is O.O.O.O.[CaH2].[NaH].[NaH].[NaH]. The van der Waals surface area contributed by atoms with Gasteiger partial charge >= 0.3 is 126 Å². The first-order valence-corrected chi connectivity index (χ1v) is 0. The van der Waals surface area contributed by atoms with E-state index in [-0.39, 0.29) is 148 Å². The molecule has 0 aliphatic carbocycles. The normalized spacial score (nSPS) is 0. The molecule has 0 aliphatic rings. The van der Waals surface area contributed by atoms with Gasteiger partial charge in [-0.25, -0.2) is 0 Å². The Labute approximate surface area is 145 Å². The Hall–Kier alpha value is 4.10. The van der Waals surface area contributed by atoms with Gasteiger partial charge in [0.25, 0.3) is 0 Å². The van der Waals surface area contributed by atoms with Gasteiger partial charge in [0.1, 0.15) is 0 Å². The van der Waals surface area contributed by atoms with Crippen molar-refractivity contribution < 1.29 is 21.9 Å². The Morgan fingerprint density at radius 3 is 0.375 bits per heavy atom. The maximum absolute atomic E-state index is 0. The van der Waals surface area contributed by atoms with E-state index in [1.807, 2.05) is 0 Å². The molecule has 0 saturated carbocycles. The summed E-state index contributed by atoms with van der Waals surface area (Å²) in [5, 5.41) is 0. The van der Waals surface area contributed by atoms with Gasteiger partial charge in [-0.1, -0.05) is 0 Å². The van der Waals surface area contributed by atoms with Crippen LogP contribution >= 0.6 is 0 Å². The third-order valence-corrected chi connectivity index (χ3v) is 0. The zero-order chi connectivity index (χ0) is 0. The minimum atomic E-state index is 0. The average Bonchev–Trinajstić information content (AvgIpc) is 0. The fourth-order valence-electron chi connectivity index (χ4n) is 0. The zero-order valence-corrected chi connectivity index (χ0v) is 2.00. The van der Waals surface area contributed by atoms with Gasteiger partial charge < -0.3 is 21.9 Å². The fourth-order valence-corrected chi connectivity index (χ4v) is 0. The van der Waals surface area contributed by atoms with Crippen LogP contribution in [0.3, 0.4) is 0 Å². The van der Waals surface area contributed by atoms with Crippen LogP contribution in [-0.2, 0) is 0 Å². The van der Waals surface area contributed by atoms with Crippen LogP contribution in [-0.4, -0.2) is 148 Å². The predicted octanol–water partition coefficient (Wildman–Crippen LogP) is -6.16. The summed E-state index contributed by atoms with van der Waals surface area (Å²) in [4.78, 5) is 0. The first-order chi connectivity index (χ1) is 0. The van der Waals surface area contributed by atoms with Crippen molar-refractivity contribution in [3.05, 3.63) is 0 Å². The molecule has 0 aromatic carbocycles. The van der Waals surface area contributed by atoms with Gasteiger partial charge in [0.15, 0.2) is 0 Å². The van der Waals surface area contributed by atoms with Gasteiger partial charge in [0.05, 0.1) is 0 Å². The van der Waals surface area contributed by atoms with E-state index in [1.54, 1.807) is 0 Å². The van der Waals surface area contributed by atoms with Crippen LogP contribution in [0.15, 0.2) is 0 Å². The number of hydrogen-bond donors (Lipinski definition) is 0. The molecule has 8 heavy (non-hydrogen) atoms. The summed E-state index contributed by atoms with van der Waals surface area (Å²) >= 11 is 0. The van der Waals surface area contributed by atoms with Gasteiger partial charge in [-0.3, -0.25) is 0 Å². The summed E-state index contributed by atoms with van der Waals surface area (Å²) in [7, 11) is 0. The first kappa shape index (κ1) is 88.7. The van der Waals surface area contributed by atoms with Crippen LogP contribution in [0.25, 0.3) is 0 Å². The van der Waals surface area contributed by atoms with Gasteiger partial charge in [-0.05, 0) is 0 Å². The van der Waals surface area contributed by atoms with Crippen LogP contribution < -0.4 is 0 Å². The Kier molecular flexibility index (Phi) is 747. The number of hydrogen-bond acceptors (Lipinski definition) is 0. The molecule has 4 nitrogen and oxygen atoms in total. The monoisotopic (exact) mass is 186 g/mol. The molecule has 0 amide bonds. The standard InChI is InChI=1S/Ca.3Na.4H2O.5H/h;;;;4*1H2;;;;;. The van der Waals surface area contributed by atoms with Crippen molar-refractivity contribution in [2.24, 2.45) is 0 Å². The van der Waals surface area contributed by atoms with Crippen molar-refractivity contribution in [1.82, 2.24) is 0 Å². The minimum absolute atomic E-state index is 0. The van der Waals surface area contributed by atoms with Crippen molar-refractivity contribution in [3.63, 3.8) is 0 Å². The van der Waals surface area contributed by atoms with E-state index in [0.29, 0.717) is 0 Å². The molecular weight excluding hydrogens is 173 g/mol. The van der Waals surface area contributed by atoms with E-state index in [2.05, 4.69) is 0 Å². The molecule has 0 radical (unpaired) electrons. The van der Waals surface area contributed by atoms with E-state index in [1.165, 1.54) is 0 Å². The molecule has 0 spiro atoms. The third-order valence-electron chi connectivity index (χ3n) is 0. The molecule has 8 N–H and O–H groups in total. The second-order valence-corrected chi connectivity index (χ2v) is 0. The zero-order valence-electron chi connectivity index (χ0n) is 2.00. The van der Waals surface area contributed by atoms with Gasteiger partial charge in [0.2, 0.25) is 0 Å². The molecule has 0 fully saturated rings. The van der Waals surface area contributed by atoms with Crippen LogP contribution in [0.2, 0.25) is 0 Å². The fraction of sp³-hybridized carbons (Fsp3) is 0. The van der Waals surface area contributed by atoms with E-state index >= 15 is 0 Å². The Bertz CT molecular complexity index is 11.2. The molecule has 8 heteroatoms. The van der Waals surface area contributed by atoms with E-state index in [0.717, 1.165) is 0 Å². The summed E-state index contributed by atoms with van der Waals surface area (Å²) in [5.74, 6) is 0.